The number of aromatic nitrogens is 1. The van der Waals surface area contributed by atoms with E-state index in [-0.39, 0.29) is 11.1 Å². The van der Waals surface area contributed by atoms with Crippen LogP contribution in [-0.4, -0.2) is 37.3 Å². The van der Waals surface area contributed by atoms with E-state index in [0.717, 1.165) is 31.2 Å². The highest BCUT2D eigenvalue weighted by molar-refractivity contribution is 7.89. The van der Waals surface area contributed by atoms with E-state index in [1.807, 2.05) is 20.0 Å². The summed E-state index contributed by atoms with van der Waals surface area (Å²) >= 11 is 0. The molecule has 0 saturated heterocycles. The van der Waals surface area contributed by atoms with E-state index in [1.165, 1.54) is 6.42 Å². The summed E-state index contributed by atoms with van der Waals surface area (Å²) in [6.07, 6.45) is 7.01. The van der Waals surface area contributed by atoms with Gasteiger partial charge in [0.25, 0.3) is 10.0 Å². The van der Waals surface area contributed by atoms with Gasteiger partial charge < -0.3 is 5.32 Å². The second kappa shape index (κ2) is 7.33. The molecule has 1 aliphatic rings. The zero-order chi connectivity index (χ0) is 15.3. The number of pyridine rings is 1. The molecule has 0 atom stereocenters. The molecule has 0 aromatic carbocycles. The highest BCUT2D eigenvalue weighted by atomic mass is 32.2. The Morgan fingerprint density at radius 3 is 2.52 bits per heavy atom. The van der Waals surface area contributed by atoms with E-state index in [9.17, 15) is 8.42 Å². The second-order valence-electron chi connectivity index (χ2n) is 5.54. The number of sulfonamides is 1. The fraction of sp³-hybridized carbons (Fsp3) is 0.667. The molecule has 0 amide bonds. The van der Waals surface area contributed by atoms with Crippen LogP contribution in [0.4, 0.5) is 0 Å². The van der Waals surface area contributed by atoms with Crippen molar-refractivity contribution in [3.05, 3.63) is 23.9 Å². The van der Waals surface area contributed by atoms with Crippen molar-refractivity contribution < 1.29 is 8.42 Å². The van der Waals surface area contributed by atoms with Crippen LogP contribution < -0.4 is 5.32 Å². The lowest BCUT2D eigenvalue weighted by atomic mass is 9.95. The molecule has 0 unspecified atom stereocenters. The average Bonchev–Trinajstić information content (AvgIpc) is 2.50. The second-order valence-corrected chi connectivity index (χ2v) is 7.37. The molecule has 1 fully saturated rings. The van der Waals surface area contributed by atoms with Gasteiger partial charge in [0.05, 0.1) is 0 Å². The molecular weight excluding hydrogens is 286 g/mol. The van der Waals surface area contributed by atoms with Crippen LogP contribution in [0.25, 0.3) is 0 Å². The minimum Gasteiger partial charge on any atom is -0.316 e. The van der Waals surface area contributed by atoms with Gasteiger partial charge in [-0.05, 0) is 31.5 Å². The fourth-order valence-electron chi connectivity index (χ4n) is 2.99. The predicted octanol–water partition coefficient (Wildman–Crippen LogP) is 2.14. The van der Waals surface area contributed by atoms with Gasteiger partial charge in [-0.3, -0.25) is 0 Å². The Morgan fingerprint density at radius 1 is 1.29 bits per heavy atom. The molecule has 6 heteroatoms. The fourth-order valence-corrected chi connectivity index (χ4v) is 4.60. The maximum atomic E-state index is 12.8. The highest BCUT2D eigenvalue weighted by Crippen LogP contribution is 2.26. The molecule has 1 aliphatic carbocycles. The summed E-state index contributed by atoms with van der Waals surface area (Å²) in [6, 6.07) is 3.58. The van der Waals surface area contributed by atoms with E-state index in [2.05, 4.69) is 10.3 Å². The number of hydrogen-bond acceptors (Lipinski definition) is 4. The Morgan fingerprint density at radius 2 is 2.00 bits per heavy atom. The quantitative estimate of drug-likeness (QED) is 0.874. The summed E-state index contributed by atoms with van der Waals surface area (Å²) in [7, 11) is -1.63. The number of hydrogen-bond donors (Lipinski definition) is 1. The Kier molecular flexibility index (Phi) is 5.72. The van der Waals surface area contributed by atoms with Crippen LogP contribution in [0.15, 0.2) is 23.4 Å². The largest absolute Gasteiger partial charge is 0.316 e. The number of nitrogens with zero attached hydrogens (tertiary/aromatic N) is 2. The molecular formula is C15H25N3O2S. The minimum absolute atomic E-state index is 0.132. The third-order valence-corrected chi connectivity index (χ3v) is 5.99. The molecule has 1 saturated carbocycles. The van der Waals surface area contributed by atoms with Crippen LogP contribution >= 0.6 is 0 Å². The van der Waals surface area contributed by atoms with Crippen LogP contribution in [0.5, 0.6) is 0 Å². The molecule has 1 N–H and O–H groups in total. The van der Waals surface area contributed by atoms with Gasteiger partial charge in [0, 0.05) is 25.3 Å². The zero-order valence-corrected chi connectivity index (χ0v) is 13.7. The van der Waals surface area contributed by atoms with Crippen LogP contribution in [-0.2, 0) is 16.6 Å². The van der Waals surface area contributed by atoms with E-state index >= 15 is 0 Å². The van der Waals surface area contributed by atoms with Gasteiger partial charge in [-0.2, -0.15) is 4.31 Å². The first kappa shape index (κ1) is 16.4. The van der Waals surface area contributed by atoms with Crippen LogP contribution in [0.3, 0.4) is 0 Å². The normalized spacial score (nSPS) is 17.3. The minimum atomic E-state index is -3.48. The van der Waals surface area contributed by atoms with Crippen molar-refractivity contribution in [3.63, 3.8) is 0 Å². The Bertz CT molecular complexity index is 537. The summed E-state index contributed by atoms with van der Waals surface area (Å²) in [5, 5.41) is 3.19. The highest BCUT2D eigenvalue weighted by Gasteiger charge is 2.31. The summed E-state index contributed by atoms with van der Waals surface area (Å²) < 4.78 is 27.2. The van der Waals surface area contributed by atoms with Crippen LogP contribution in [0, 0.1) is 0 Å². The van der Waals surface area contributed by atoms with Crippen LogP contribution in [0.1, 0.15) is 44.6 Å². The third-order valence-electron chi connectivity index (χ3n) is 4.05. The van der Waals surface area contributed by atoms with Crippen molar-refractivity contribution in [1.82, 2.24) is 14.6 Å². The Balaban J connectivity index is 2.21. The van der Waals surface area contributed by atoms with Crippen molar-refractivity contribution in [1.29, 1.82) is 0 Å². The van der Waals surface area contributed by atoms with Crippen molar-refractivity contribution in [2.24, 2.45) is 0 Å². The topological polar surface area (TPSA) is 62.3 Å². The van der Waals surface area contributed by atoms with Gasteiger partial charge in [0.2, 0.25) is 0 Å². The van der Waals surface area contributed by atoms with Gasteiger partial charge in [-0.15, -0.1) is 0 Å². The monoisotopic (exact) mass is 311 g/mol. The first-order chi connectivity index (χ1) is 10.1. The van der Waals surface area contributed by atoms with Crippen molar-refractivity contribution in [2.75, 3.05) is 13.6 Å². The molecule has 0 bridgehead atoms. The van der Waals surface area contributed by atoms with Crippen LogP contribution in [0.2, 0.25) is 0 Å². The van der Waals surface area contributed by atoms with Gasteiger partial charge >= 0.3 is 0 Å². The molecule has 1 aromatic heterocycles. The lowest BCUT2D eigenvalue weighted by Crippen LogP contribution is -2.41. The summed E-state index contributed by atoms with van der Waals surface area (Å²) in [6.45, 7) is 3.10. The average molecular weight is 311 g/mol. The van der Waals surface area contributed by atoms with Crippen molar-refractivity contribution >= 4 is 10.0 Å². The maximum absolute atomic E-state index is 12.8. The maximum Gasteiger partial charge on any atom is 0.260 e. The van der Waals surface area contributed by atoms with E-state index in [1.54, 1.807) is 16.6 Å². The van der Waals surface area contributed by atoms with Gasteiger partial charge in [0.15, 0.2) is 5.03 Å². The van der Waals surface area contributed by atoms with E-state index in [4.69, 9.17) is 0 Å². The molecule has 2 rings (SSSR count). The summed E-state index contributed by atoms with van der Waals surface area (Å²) in [5.74, 6) is 0. The molecule has 0 spiro atoms. The van der Waals surface area contributed by atoms with Crippen molar-refractivity contribution in [2.45, 2.75) is 56.6 Å². The molecule has 0 radical (unpaired) electrons. The van der Waals surface area contributed by atoms with Crippen molar-refractivity contribution in [3.8, 4) is 0 Å². The van der Waals surface area contributed by atoms with E-state index in [0.29, 0.717) is 13.1 Å². The molecule has 0 aliphatic heterocycles. The zero-order valence-electron chi connectivity index (χ0n) is 12.9. The number of nitrogens with one attached hydrogen (secondary N) is 1. The first-order valence-electron chi connectivity index (χ1n) is 7.71. The molecule has 1 aromatic rings. The smallest absolute Gasteiger partial charge is 0.260 e. The lowest BCUT2D eigenvalue weighted by molar-refractivity contribution is 0.260. The molecule has 1 heterocycles. The molecule has 118 valence electrons. The SMILES string of the molecule is CCN(C1CCCCC1)S(=O)(=O)c1ccc(CNC)cn1. The first-order valence-corrected chi connectivity index (χ1v) is 9.15. The predicted molar refractivity (Wildman–Crippen MR) is 83.4 cm³/mol. The lowest BCUT2D eigenvalue weighted by Gasteiger charge is -2.32. The Hall–Kier alpha value is -0.980. The van der Waals surface area contributed by atoms with Gasteiger partial charge in [-0.25, -0.2) is 13.4 Å². The summed E-state index contributed by atoms with van der Waals surface area (Å²) in [4.78, 5) is 4.16. The van der Waals surface area contributed by atoms with E-state index < -0.39 is 10.0 Å². The number of rotatable bonds is 6. The standard InChI is InChI=1S/C15H25N3O2S/c1-3-18(14-7-5-4-6-8-14)21(19,20)15-10-9-13(11-16-2)12-17-15/h9-10,12,14,16H,3-8,11H2,1-2H3. The van der Waals surface area contributed by atoms with Gasteiger partial charge in [-0.1, -0.05) is 32.3 Å². The Labute approximate surface area is 127 Å². The summed E-state index contributed by atoms with van der Waals surface area (Å²) in [5.41, 5.74) is 0.983. The molecule has 21 heavy (non-hydrogen) atoms. The molecule has 5 nitrogen and oxygen atoms in total. The van der Waals surface area contributed by atoms with Gasteiger partial charge in [0.1, 0.15) is 0 Å². The third kappa shape index (κ3) is 3.81.